The van der Waals surface area contributed by atoms with E-state index < -0.39 is 0 Å². The molecule has 1 heterocycles. The van der Waals surface area contributed by atoms with E-state index in [1.54, 1.807) is 5.56 Å². The fraction of sp³-hybridized carbons (Fsp3) is 0.706. The second-order valence-corrected chi connectivity index (χ2v) is 8.13. The van der Waals surface area contributed by atoms with E-state index in [-0.39, 0.29) is 5.91 Å². The molecule has 1 aromatic rings. The first-order valence-corrected chi connectivity index (χ1v) is 8.80. The lowest BCUT2D eigenvalue weighted by molar-refractivity contribution is -0.117. The zero-order chi connectivity index (χ0) is 14.3. The van der Waals surface area contributed by atoms with Crippen LogP contribution in [0.3, 0.4) is 0 Å². The smallest absolute Gasteiger partial charge is 0.228 e. The van der Waals surface area contributed by atoms with Gasteiger partial charge in [-0.25, -0.2) is 0 Å². The van der Waals surface area contributed by atoms with Gasteiger partial charge in [-0.2, -0.15) is 0 Å². The second-order valence-electron chi connectivity index (χ2n) is 7.02. The molecule has 20 heavy (non-hydrogen) atoms. The molecule has 3 rings (SSSR count). The number of carbonyl (C=O) groups is 1. The summed E-state index contributed by atoms with van der Waals surface area (Å²) >= 11 is 1.85. The third-order valence-corrected chi connectivity index (χ3v) is 5.66. The molecular formula is C17H25NOS. The summed E-state index contributed by atoms with van der Waals surface area (Å²) in [6.07, 6.45) is 6.95. The highest BCUT2D eigenvalue weighted by atomic mass is 32.1. The van der Waals surface area contributed by atoms with Crippen molar-refractivity contribution in [2.24, 2.45) is 17.8 Å². The Morgan fingerprint density at radius 2 is 2.10 bits per heavy atom. The van der Waals surface area contributed by atoms with Crippen LogP contribution in [0.2, 0.25) is 0 Å². The maximum Gasteiger partial charge on any atom is 0.228 e. The molecular weight excluding hydrogens is 266 g/mol. The number of fused-ring (bicyclic) bond motifs is 1. The average molecular weight is 291 g/mol. The summed E-state index contributed by atoms with van der Waals surface area (Å²) in [4.78, 5) is 13.6. The van der Waals surface area contributed by atoms with E-state index in [9.17, 15) is 4.79 Å². The van der Waals surface area contributed by atoms with E-state index in [2.05, 4.69) is 26.1 Å². The highest BCUT2D eigenvalue weighted by Gasteiger charge is 2.31. The third kappa shape index (κ3) is 2.93. The van der Waals surface area contributed by atoms with Gasteiger partial charge in [0.25, 0.3) is 0 Å². The number of hydrogen-bond donors (Lipinski definition) is 1. The molecule has 3 heteroatoms. The van der Waals surface area contributed by atoms with Crippen molar-refractivity contribution in [2.75, 3.05) is 5.32 Å². The Hall–Kier alpha value is -0.830. The number of anilines is 1. The molecule has 0 aliphatic heterocycles. The van der Waals surface area contributed by atoms with Crippen molar-refractivity contribution >= 4 is 22.2 Å². The van der Waals surface area contributed by atoms with Crippen LogP contribution >= 0.6 is 11.3 Å². The molecule has 0 bridgehead atoms. The standard InChI is InChI=1S/C17H25NOS/c1-10(2)8-14-13-9-11(3)4-7-15(13)20-17(14)18-16(19)12-5-6-12/h10-12H,4-9H2,1-3H3,(H,18,19). The summed E-state index contributed by atoms with van der Waals surface area (Å²) in [7, 11) is 0. The lowest BCUT2D eigenvalue weighted by Gasteiger charge is -2.20. The molecule has 1 saturated carbocycles. The van der Waals surface area contributed by atoms with Crippen LogP contribution in [-0.2, 0) is 24.1 Å². The Morgan fingerprint density at radius 1 is 1.35 bits per heavy atom. The molecule has 1 amide bonds. The van der Waals surface area contributed by atoms with Crippen LogP contribution < -0.4 is 5.32 Å². The molecule has 1 N–H and O–H groups in total. The van der Waals surface area contributed by atoms with Crippen molar-refractivity contribution < 1.29 is 4.79 Å². The van der Waals surface area contributed by atoms with Gasteiger partial charge in [0.1, 0.15) is 0 Å². The molecule has 0 radical (unpaired) electrons. The van der Waals surface area contributed by atoms with Crippen molar-refractivity contribution in [1.82, 2.24) is 0 Å². The highest BCUT2D eigenvalue weighted by Crippen LogP contribution is 2.41. The summed E-state index contributed by atoms with van der Waals surface area (Å²) in [5.41, 5.74) is 3.01. The minimum Gasteiger partial charge on any atom is -0.317 e. The monoisotopic (exact) mass is 291 g/mol. The number of aryl methyl sites for hydroxylation is 1. The molecule has 1 unspecified atom stereocenters. The molecule has 2 aliphatic carbocycles. The number of rotatable bonds is 4. The van der Waals surface area contributed by atoms with Gasteiger partial charge in [0.05, 0.1) is 5.00 Å². The first kappa shape index (κ1) is 14.1. The summed E-state index contributed by atoms with van der Waals surface area (Å²) in [5.74, 6) is 1.97. The molecule has 1 aromatic heterocycles. The summed E-state index contributed by atoms with van der Waals surface area (Å²) in [5, 5.41) is 4.39. The van der Waals surface area contributed by atoms with Crippen LogP contribution in [0, 0.1) is 17.8 Å². The molecule has 2 nitrogen and oxygen atoms in total. The van der Waals surface area contributed by atoms with E-state index in [1.165, 1.54) is 29.7 Å². The van der Waals surface area contributed by atoms with E-state index >= 15 is 0 Å². The summed E-state index contributed by atoms with van der Waals surface area (Å²) < 4.78 is 0. The maximum absolute atomic E-state index is 12.1. The predicted molar refractivity (Wildman–Crippen MR) is 85.4 cm³/mol. The lowest BCUT2D eigenvalue weighted by atomic mass is 9.86. The fourth-order valence-corrected chi connectivity index (χ4v) is 4.38. The van der Waals surface area contributed by atoms with Crippen molar-refractivity contribution in [3.8, 4) is 0 Å². The predicted octanol–water partition coefficient (Wildman–Crippen LogP) is 4.42. The van der Waals surface area contributed by atoms with Crippen molar-refractivity contribution in [3.63, 3.8) is 0 Å². The van der Waals surface area contributed by atoms with Gasteiger partial charge in [0, 0.05) is 10.8 Å². The van der Waals surface area contributed by atoms with Crippen molar-refractivity contribution in [1.29, 1.82) is 0 Å². The summed E-state index contributed by atoms with van der Waals surface area (Å²) in [6, 6.07) is 0. The van der Waals surface area contributed by atoms with Crippen LogP contribution in [0.25, 0.3) is 0 Å². The average Bonchev–Trinajstić information content (AvgIpc) is 3.17. The number of thiophene rings is 1. The second kappa shape index (κ2) is 5.51. The molecule has 1 atom stereocenters. The number of carbonyl (C=O) groups excluding carboxylic acids is 1. The van der Waals surface area contributed by atoms with Crippen LogP contribution in [0.1, 0.15) is 56.0 Å². The maximum atomic E-state index is 12.1. The van der Waals surface area contributed by atoms with Gasteiger partial charge in [-0.15, -0.1) is 11.3 Å². The highest BCUT2D eigenvalue weighted by molar-refractivity contribution is 7.16. The summed E-state index contributed by atoms with van der Waals surface area (Å²) in [6.45, 7) is 6.88. The van der Waals surface area contributed by atoms with Crippen molar-refractivity contribution in [2.45, 2.75) is 59.3 Å². The van der Waals surface area contributed by atoms with E-state index in [1.807, 2.05) is 11.3 Å². The zero-order valence-electron chi connectivity index (χ0n) is 12.8. The van der Waals surface area contributed by atoms with Crippen LogP contribution in [-0.4, -0.2) is 5.91 Å². The molecule has 0 spiro atoms. The minimum atomic E-state index is 0.252. The lowest BCUT2D eigenvalue weighted by Crippen LogP contribution is -2.15. The van der Waals surface area contributed by atoms with Gasteiger partial charge in [-0.05, 0) is 61.5 Å². The topological polar surface area (TPSA) is 29.1 Å². The van der Waals surface area contributed by atoms with E-state index in [0.717, 1.165) is 30.2 Å². The molecule has 2 aliphatic rings. The first-order valence-electron chi connectivity index (χ1n) is 7.99. The fourth-order valence-electron chi connectivity index (χ4n) is 3.10. The van der Waals surface area contributed by atoms with Crippen molar-refractivity contribution in [3.05, 3.63) is 16.0 Å². The van der Waals surface area contributed by atoms with Crippen LogP contribution in [0.4, 0.5) is 5.00 Å². The van der Waals surface area contributed by atoms with Crippen LogP contribution in [0.15, 0.2) is 0 Å². The van der Waals surface area contributed by atoms with Gasteiger partial charge in [-0.1, -0.05) is 20.8 Å². The van der Waals surface area contributed by atoms with Gasteiger partial charge >= 0.3 is 0 Å². The largest absolute Gasteiger partial charge is 0.317 e. The van der Waals surface area contributed by atoms with E-state index in [4.69, 9.17) is 0 Å². The Labute approximate surface area is 126 Å². The van der Waals surface area contributed by atoms with Gasteiger partial charge in [-0.3, -0.25) is 4.79 Å². The Bertz CT molecular complexity index is 513. The van der Waals surface area contributed by atoms with Crippen LogP contribution in [0.5, 0.6) is 0 Å². The zero-order valence-corrected chi connectivity index (χ0v) is 13.6. The third-order valence-electron chi connectivity index (χ3n) is 4.41. The number of hydrogen-bond acceptors (Lipinski definition) is 2. The molecule has 1 fully saturated rings. The van der Waals surface area contributed by atoms with Gasteiger partial charge < -0.3 is 5.32 Å². The molecule has 0 aromatic carbocycles. The normalized spacial score (nSPS) is 21.9. The quantitative estimate of drug-likeness (QED) is 0.874. The minimum absolute atomic E-state index is 0.252. The number of nitrogens with one attached hydrogen (secondary N) is 1. The Kier molecular flexibility index (Phi) is 3.89. The SMILES string of the molecule is CC(C)Cc1c(NC(=O)C2CC2)sc2c1CC(C)CC2. The Morgan fingerprint density at radius 3 is 2.75 bits per heavy atom. The van der Waals surface area contributed by atoms with Gasteiger partial charge in [0.15, 0.2) is 0 Å². The Balaban J connectivity index is 1.88. The van der Waals surface area contributed by atoms with Gasteiger partial charge in [0.2, 0.25) is 5.91 Å². The molecule has 110 valence electrons. The number of amides is 1. The molecule has 0 saturated heterocycles. The van der Waals surface area contributed by atoms with E-state index in [0.29, 0.717) is 11.8 Å². The first-order chi connectivity index (χ1) is 9.54.